The molecule has 0 unspecified atom stereocenters. The Morgan fingerprint density at radius 1 is 1.12 bits per heavy atom. The lowest BCUT2D eigenvalue weighted by molar-refractivity contribution is 0.0740. The minimum atomic E-state index is -0.0713. The number of carbonyl (C=O) groups is 1. The molecule has 1 fully saturated rings. The van der Waals surface area contributed by atoms with E-state index in [-0.39, 0.29) is 5.91 Å². The van der Waals surface area contributed by atoms with Gasteiger partial charge in [-0.25, -0.2) is 15.0 Å². The molecule has 1 aliphatic heterocycles. The van der Waals surface area contributed by atoms with E-state index in [0.717, 1.165) is 32.0 Å². The summed E-state index contributed by atoms with van der Waals surface area (Å²) in [5.74, 6) is 1.56. The zero-order valence-corrected chi connectivity index (χ0v) is 15.3. The van der Waals surface area contributed by atoms with Crippen LogP contribution in [-0.4, -0.2) is 84.0 Å². The summed E-state index contributed by atoms with van der Waals surface area (Å²) in [6, 6.07) is 5.87. The summed E-state index contributed by atoms with van der Waals surface area (Å²) in [5.41, 5.74) is 0.384. The minimum absolute atomic E-state index is 0.0713. The number of pyridine rings is 1. The van der Waals surface area contributed by atoms with Gasteiger partial charge in [0.05, 0.1) is 12.4 Å². The molecular formula is C18H25N7O. The Bertz CT molecular complexity index is 697. The molecule has 0 aromatic carbocycles. The number of likely N-dealkylation sites (N-methyl/N-ethyl adjacent to an activating group) is 1. The van der Waals surface area contributed by atoms with Gasteiger partial charge in [-0.2, -0.15) is 0 Å². The lowest BCUT2D eigenvalue weighted by Gasteiger charge is -2.35. The Morgan fingerprint density at radius 3 is 2.54 bits per heavy atom. The summed E-state index contributed by atoms with van der Waals surface area (Å²) in [5, 5.41) is 3.19. The monoisotopic (exact) mass is 355 g/mol. The highest BCUT2D eigenvalue weighted by Gasteiger charge is 2.23. The van der Waals surface area contributed by atoms with E-state index in [1.54, 1.807) is 18.6 Å². The second-order valence-electron chi connectivity index (χ2n) is 6.48. The van der Waals surface area contributed by atoms with Crippen molar-refractivity contribution in [1.82, 2.24) is 24.8 Å². The smallest absolute Gasteiger partial charge is 0.274 e. The van der Waals surface area contributed by atoms with Crippen LogP contribution in [0.3, 0.4) is 0 Å². The highest BCUT2D eigenvalue weighted by Crippen LogP contribution is 2.14. The molecule has 1 N–H and O–H groups in total. The first-order chi connectivity index (χ1) is 12.6. The molecule has 8 nitrogen and oxygen atoms in total. The topological polar surface area (TPSA) is 77.5 Å². The highest BCUT2D eigenvalue weighted by molar-refractivity contribution is 5.92. The van der Waals surface area contributed by atoms with Crippen molar-refractivity contribution < 1.29 is 4.79 Å². The van der Waals surface area contributed by atoms with Gasteiger partial charge < -0.3 is 20.0 Å². The second kappa shape index (κ2) is 8.57. The molecule has 0 bridgehead atoms. The van der Waals surface area contributed by atoms with E-state index in [1.165, 1.54) is 0 Å². The second-order valence-corrected chi connectivity index (χ2v) is 6.48. The maximum atomic E-state index is 12.6. The van der Waals surface area contributed by atoms with Crippen LogP contribution in [0.4, 0.5) is 11.6 Å². The van der Waals surface area contributed by atoms with Crippen molar-refractivity contribution in [3.8, 4) is 0 Å². The molecule has 0 atom stereocenters. The van der Waals surface area contributed by atoms with Crippen LogP contribution in [0.2, 0.25) is 0 Å². The Hall–Kier alpha value is -2.74. The van der Waals surface area contributed by atoms with Crippen LogP contribution in [0, 0.1) is 0 Å². The van der Waals surface area contributed by atoms with Crippen LogP contribution < -0.4 is 10.2 Å². The first-order valence-electron chi connectivity index (χ1n) is 8.79. The Balaban J connectivity index is 1.52. The van der Waals surface area contributed by atoms with Gasteiger partial charge >= 0.3 is 0 Å². The Kier molecular flexibility index (Phi) is 5.96. The largest absolute Gasteiger partial charge is 0.368 e. The van der Waals surface area contributed by atoms with E-state index in [1.807, 2.05) is 37.2 Å². The third-order valence-corrected chi connectivity index (χ3v) is 4.28. The molecule has 1 aliphatic rings. The third kappa shape index (κ3) is 4.66. The summed E-state index contributed by atoms with van der Waals surface area (Å²) < 4.78 is 0. The number of nitrogens with zero attached hydrogens (tertiary/aromatic N) is 6. The fourth-order valence-corrected chi connectivity index (χ4v) is 2.78. The molecule has 3 rings (SSSR count). The molecule has 0 saturated carbocycles. The van der Waals surface area contributed by atoms with Crippen molar-refractivity contribution in [2.75, 3.05) is 63.6 Å². The van der Waals surface area contributed by atoms with Gasteiger partial charge in [-0.05, 0) is 26.2 Å². The van der Waals surface area contributed by atoms with Gasteiger partial charge in [0.1, 0.15) is 17.3 Å². The predicted octanol–water partition coefficient (Wildman–Crippen LogP) is 0.807. The normalized spacial score (nSPS) is 14.6. The number of hydrogen-bond donors (Lipinski definition) is 1. The van der Waals surface area contributed by atoms with Crippen molar-refractivity contribution in [2.24, 2.45) is 0 Å². The van der Waals surface area contributed by atoms with E-state index in [2.05, 4.69) is 30.1 Å². The van der Waals surface area contributed by atoms with Crippen molar-refractivity contribution >= 4 is 17.5 Å². The summed E-state index contributed by atoms with van der Waals surface area (Å²) in [6.45, 7) is 4.52. The average Bonchev–Trinajstić information content (AvgIpc) is 2.68. The summed E-state index contributed by atoms with van der Waals surface area (Å²) in [6.07, 6.45) is 4.95. The van der Waals surface area contributed by atoms with E-state index < -0.39 is 0 Å². The number of aromatic nitrogens is 3. The molecule has 2 aromatic heterocycles. The van der Waals surface area contributed by atoms with Crippen LogP contribution in [0.1, 0.15) is 10.5 Å². The Morgan fingerprint density at radius 2 is 1.92 bits per heavy atom. The summed E-state index contributed by atoms with van der Waals surface area (Å²) >= 11 is 0. The number of piperazine rings is 1. The Labute approximate surface area is 153 Å². The van der Waals surface area contributed by atoms with Gasteiger partial charge in [0.15, 0.2) is 0 Å². The van der Waals surface area contributed by atoms with Gasteiger partial charge in [0.2, 0.25) is 0 Å². The van der Waals surface area contributed by atoms with Crippen molar-refractivity contribution in [3.63, 3.8) is 0 Å². The van der Waals surface area contributed by atoms with Gasteiger partial charge in [-0.15, -0.1) is 0 Å². The molecular weight excluding hydrogens is 330 g/mol. The first-order valence-corrected chi connectivity index (χ1v) is 8.79. The third-order valence-electron chi connectivity index (χ3n) is 4.28. The maximum Gasteiger partial charge on any atom is 0.274 e. The van der Waals surface area contributed by atoms with E-state index in [9.17, 15) is 4.79 Å². The molecule has 1 amide bonds. The molecule has 3 heterocycles. The highest BCUT2D eigenvalue weighted by atomic mass is 16.2. The van der Waals surface area contributed by atoms with Crippen LogP contribution in [0.15, 0.2) is 36.8 Å². The molecule has 0 spiro atoms. The number of hydrogen-bond acceptors (Lipinski definition) is 7. The van der Waals surface area contributed by atoms with Gasteiger partial charge in [-0.3, -0.25) is 4.79 Å². The number of amides is 1. The molecule has 138 valence electrons. The number of nitrogens with one attached hydrogen (secondary N) is 1. The summed E-state index contributed by atoms with van der Waals surface area (Å²) in [4.78, 5) is 31.6. The van der Waals surface area contributed by atoms with E-state index in [4.69, 9.17) is 0 Å². The molecule has 2 aromatic rings. The fraction of sp³-hybridized carbons (Fsp3) is 0.444. The maximum absolute atomic E-state index is 12.6. The predicted molar refractivity (Wildman–Crippen MR) is 101 cm³/mol. The van der Waals surface area contributed by atoms with Crippen LogP contribution in [0.5, 0.6) is 0 Å². The molecule has 8 heteroatoms. The van der Waals surface area contributed by atoms with Crippen LogP contribution in [0.25, 0.3) is 0 Å². The first kappa shape index (κ1) is 18.1. The lowest BCUT2D eigenvalue weighted by Crippen LogP contribution is -2.49. The quantitative estimate of drug-likeness (QED) is 0.821. The minimum Gasteiger partial charge on any atom is -0.368 e. The summed E-state index contributed by atoms with van der Waals surface area (Å²) in [7, 11) is 4.03. The van der Waals surface area contributed by atoms with Gasteiger partial charge in [-0.1, -0.05) is 6.07 Å². The van der Waals surface area contributed by atoms with Gasteiger partial charge in [0, 0.05) is 45.5 Å². The fourth-order valence-electron chi connectivity index (χ4n) is 2.78. The van der Waals surface area contributed by atoms with Gasteiger partial charge in [0.25, 0.3) is 5.91 Å². The van der Waals surface area contributed by atoms with Crippen molar-refractivity contribution in [1.29, 1.82) is 0 Å². The van der Waals surface area contributed by atoms with Crippen LogP contribution in [-0.2, 0) is 0 Å². The molecule has 0 aliphatic carbocycles. The number of anilines is 2. The SMILES string of the molecule is CN(C)CCNc1cnc(C(=O)N2CCN(c3ccccn3)CC2)cn1. The standard InChI is InChI=1S/C18H25N7O/c1-23(2)8-7-19-16-14-21-15(13-22-16)18(26)25-11-9-24(10-12-25)17-5-3-4-6-20-17/h3-6,13-14H,7-12H2,1-2H3,(H,19,22). The zero-order chi connectivity index (χ0) is 18.4. The molecule has 1 saturated heterocycles. The number of carbonyl (C=O) groups excluding carboxylic acids is 1. The van der Waals surface area contributed by atoms with Crippen molar-refractivity contribution in [2.45, 2.75) is 0 Å². The number of rotatable bonds is 6. The lowest BCUT2D eigenvalue weighted by atomic mass is 10.2. The molecule has 26 heavy (non-hydrogen) atoms. The van der Waals surface area contributed by atoms with Crippen molar-refractivity contribution in [3.05, 3.63) is 42.5 Å². The van der Waals surface area contributed by atoms with E-state index in [0.29, 0.717) is 24.6 Å². The molecule has 0 radical (unpaired) electrons. The average molecular weight is 355 g/mol. The van der Waals surface area contributed by atoms with Crippen LogP contribution >= 0.6 is 0 Å². The van der Waals surface area contributed by atoms with E-state index >= 15 is 0 Å². The zero-order valence-electron chi connectivity index (χ0n) is 15.3.